The van der Waals surface area contributed by atoms with Crippen molar-refractivity contribution in [1.29, 1.82) is 0 Å². The molecule has 47 heavy (non-hydrogen) atoms. The lowest BCUT2D eigenvalue weighted by molar-refractivity contribution is 0.487. The molecular formula is C44H28N2O. The van der Waals surface area contributed by atoms with Crippen LogP contribution in [0.5, 0.6) is 11.5 Å². The van der Waals surface area contributed by atoms with Crippen molar-refractivity contribution < 1.29 is 18.4 Å². The second-order valence-electron chi connectivity index (χ2n) is 11.1. The molecule has 0 unspecified atom stereocenters. The van der Waals surface area contributed by atoms with E-state index in [1.54, 1.807) is 30.3 Å². The van der Waals surface area contributed by atoms with Gasteiger partial charge in [-0.15, -0.1) is 0 Å². The molecule has 0 N–H and O–H groups in total. The number of rotatable bonds is 5. The summed E-state index contributed by atoms with van der Waals surface area (Å²) in [5, 5.41) is 2.17. The van der Waals surface area contributed by atoms with E-state index in [1.165, 1.54) is 0 Å². The second-order valence-corrected chi connectivity index (χ2v) is 11.1. The zero-order valence-corrected chi connectivity index (χ0v) is 24.7. The SMILES string of the molecule is [2H]c1c([2H])c([2H])c(-c2ccc(-c3cc(-c4ccc(-c5ccc6c(c5)-c5cccc7cccc(c57)O6)cc4)nc(-c4c([2H])c([2H])c([2H])c([2H])c4[2H])n3)cc2)c([2H])c1[2H]. The Morgan fingerprint density at radius 2 is 0.979 bits per heavy atom. The fraction of sp³-hybridized carbons (Fsp3) is 0. The minimum Gasteiger partial charge on any atom is -0.456 e. The monoisotopic (exact) mass is 610 g/mol. The summed E-state index contributed by atoms with van der Waals surface area (Å²) in [6.45, 7) is 0. The highest BCUT2D eigenvalue weighted by molar-refractivity contribution is 6.04. The van der Waals surface area contributed by atoms with Gasteiger partial charge in [-0.25, -0.2) is 9.97 Å². The molecule has 0 saturated heterocycles. The second kappa shape index (κ2) is 11.2. The van der Waals surface area contributed by atoms with Crippen molar-refractivity contribution >= 4 is 10.8 Å². The quantitative estimate of drug-likeness (QED) is 0.194. The Balaban J connectivity index is 1.14. The average molecular weight is 611 g/mol. The Morgan fingerprint density at radius 1 is 0.426 bits per heavy atom. The highest BCUT2D eigenvalue weighted by atomic mass is 16.5. The lowest BCUT2D eigenvalue weighted by Crippen LogP contribution is -1.97. The molecule has 0 fully saturated rings. The summed E-state index contributed by atoms with van der Waals surface area (Å²) >= 11 is 0. The predicted molar refractivity (Wildman–Crippen MR) is 192 cm³/mol. The van der Waals surface area contributed by atoms with Crippen molar-refractivity contribution in [3.05, 3.63) is 170 Å². The van der Waals surface area contributed by atoms with Crippen LogP contribution in [-0.2, 0) is 0 Å². The van der Waals surface area contributed by atoms with Crippen LogP contribution in [0.25, 0.3) is 78.1 Å². The first kappa shape index (κ1) is 18.6. The summed E-state index contributed by atoms with van der Waals surface area (Å²) in [6, 6.07) is 30.0. The van der Waals surface area contributed by atoms with E-state index in [1.807, 2.05) is 54.6 Å². The summed E-state index contributed by atoms with van der Waals surface area (Å²) in [4.78, 5) is 9.45. The summed E-state index contributed by atoms with van der Waals surface area (Å²) < 4.78 is 89.3. The van der Waals surface area contributed by atoms with Crippen LogP contribution in [0.3, 0.4) is 0 Å². The Bertz CT molecular complexity index is 2920. The molecule has 0 amide bonds. The summed E-state index contributed by atoms with van der Waals surface area (Å²) in [6.07, 6.45) is 0. The molecule has 3 nitrogen and oxygen atoms in total. The molecule has 0 bridgehead atoms. The third-order valence-corrected chi connectivity index (χ3v) is 8.29. The average Bonchev–Trinajstić information content (AvgIpc) is 3.24. The van der Waals surface area contributed by atoms with E-state index in [-0.39, 0.29) is 29.0 Å². The van der Waals surface area contributed by atoms with Gasteiger partial charge < -0.3 is 4.74 Å². The number of hydrogen-bond acceptors (Lipinski definition) is 3. The van der Waals surface area contributed by atoms with E-state index in [2.05, 4.69) is 24.3 Å². The first-order valence-electron chi connectivity index (χ1n) is 20.0. The van der Waals surface area contributed by atoms with Gasteiger partial charge in [0.25, 0.3) is 0 Å². The molecular weight excluding hydrogens is 572 g/mol. The maximum absolute atomic E-state index is 8.66. The first-order valence-corrected chi connectivity index (χ1v) is 15.0. The molecule has 3 heteroatoms. The fourth-order valence-corrected chi connectivity index (χ4v) is 6.00. The highest BCUT2D eigenvalue weighted by Crippen LogP contribution is 2.47. The molecule has 1 aromatic heterocycles. The normalized spacial score (nSPS) is 14.6. The zero-order valence-electron chi connectivity index (χ0n) is 34.7. The van der Waals surface area contributed by atoms with Crippen LogP contribution in [-0.4, -0.2) is 9.97 Å². The summed E-state index contributed by atoms with van der Waals surface area (Å²) in [7, 11) is 0. The third kappa shape index (κ3) is 4.95. The standard InChI is InChI=1S/C44H28N2O/c1-3-9-29(10-4-1)30-17-21-32(22-18-30)39-28-40(46-44(45-39)35-11-5-2-6-12-35)33-23-19-31(20-24-33)36-25-26-41-38(27-36)37-15-7-13-34-14-8-16-42(47-41)43(34)37/h1-28H/i1D,2D,3D,4D,5D,6D,9D,10D,11D,12D. The molecule has 9 rings (SSSR count). The molecule has 1 aliphatic heterocycles. The van der Waals surface area contributed by atoms with Crippen molar-refractivity contribution in [3.8, 4) is 78.8 Å². The van der Waals surface area contributed by atoms with E-state index < -0.39 is 48.3 Å². The van der Waals surface area contributed by atoms with Gasteiger partial charge in [0.05, 0.1) is 25.1 Å². The molecule has 0 spiro atoms. The molecule has 0 radical (unpaired) electrons. The molecule has 0 aliphatic carbocycles. The molecule has 1 aliphatic rings. The summed E-state index contributed by atoms with van der Waals surface area (Å²) in [5.41, 5.74) is 6.38. The van der Waals surface area contributed by atoms with Crippen molar-refractivity contribution in [3.63, 3.8) is 0 Å². The van der Waals surface area contributed by atoms with Crippen LogP contribution in [0.1, 0.15) is 13.7 Å². The van der Waals surface area contributed by atoms with Crippen molar-refractivity contribution in [2.75, 3.05) is 0 Å². The largest absolute Gasteiger partial charge is 0.456 e. The zero-order chi connectivity index (χ0) is 39.9. The van der Waals surface area contributed by atoms with E-state index in [4.69, 9.17) is 28.4 Å². The number of aromatic nitrogens is 2. The molecule has 0 atom stereocenters. The van der Waals surface area contributed by atoms with Gasteiger partial charge >= 0.3 is 0 Å². The van der Waals surface area contributed by atoms with E-state index in [0.29, 0.717) is 28.1 Å². The van der Waals surface area contributed by atoms with Gasteiger partial charge in [-0.1, -0.05) is 145 Å². The smallest absolute Gasteiger partial charge is 0.160 e. The Morgan fingerprint density at radius 3 is 1.64 bits per heavy atom. The lowest BCUT2D eigenvalue weighted by Gasteiger charge is -2.22. The van der Waals surface area contributed by atoms with Crippen LogP contribution in [0.2, 0.25) is 0 Å². The van der Waals surface area contributed by atoms with Gasteiger partial charge in [-0.3, -0.25) is 0 Å². The number of hydrogen-bond donors (Lipinski definition) is 0. The van der Waals surface area contributed by atoms with Crippen molar-refractivity contribution in [1.82, 2.24) is 9.97 Å². The Kier molecular flexibility index (Phi) is 4.45. The van der Waals surface area contributed by atoms with Gasteiger partial charge in [-0.05, 0) is 57.5 Å². The molecule has 2 heterocycles. The maximum atomic E-state index is 8.66. The van der Waals surface area contributed by atoms with Crippen molar-refractivity contribution in [2.24, 2.45) is 0 Å². The number of benzene rings is 7. The van der Waals surface area contributed by atoms with E-state index >= 15 is 0 Å². The Hall–Kier alpha value is -6.32. The van der Waals surface area contributed by atoms with Crippen LogP contribution in [0.4, 0.5) is 0 Å². The minimum absolute atomic E-state index is 0.0594. The van der Waals surface area contributed by atoms with Gasteiger partial charge in [0.2, 0.25) is 0 Å². The predicted octanol–water partition coefficient (Wildman–Crippen LogP) is 11.7. The Labute approximate surface area is 287 Å². The van der Waals surface area contributed by atoms with Crippen LogP contribution < -0.4 is 4.74 Å². The fourth-order valence-electron chi connectivity index (χ4n) is 6.00. The third-order valence-electron chi connectivity index (χ3n) is 8.29. The van der Waals surface area contributed by atoms with Gasteiger partial charge in [0.15, 0.2) is 5.82 Å². The van der Waals surface area contributed by atoms with Crippen LogP contribution in [0.15, 0.2) is 170 Å². The number of ether oxygens (including phenoxy) is 1. The number of nitrogens with zero attached hydrogens (tertiary/aromatic N) is 2. The topological polar surface area (TPSA) is 35.0 Å². The van der Waals surface area contributed by atoms with Crippen LogP contribution >= 0.6 is 0 Å². The first-order chi connectivity index (χ1) is 27.4. The van der Waals surface area contributed by atoms with Gasteiger partial charge in [0.1, 0.15) is 11.5 Å². The lowest BCUT2D eigenvalue weighted by atomic mass is 9.92. The van der Waals surface area contributed by atoms with Gasteiger partial charge in [-0.2, -0.15) is 0 Å². The maximum Gasteiger partial charge on any atom is 0.160 e. The van der Waals surface area contributed by atoms with Crippen LogP contribution in [0, 0.1) is 0 Å². The van der Waals surface area contributed by atoms with Crippen molar-refractivity contribution in [2.45, 2.75) is 0 Å². The highest BCUT2D eigenvalue weighted by Gasteiger charge is 2.20. The molecule has 8 aromatic rings. The molecule has 0 saturated carbocycles. The van der Waals surface area contributed by atoms with Gasteiger partial charge in [0, 0.05) is 27.6 Å². The molecule has 220 valence electrons. The van der Waals surface area contributed by atoms with E-state index in [9.17, 15) is 0 Å². The number of fused-ring (bicyclic) bond motifs is 2. The van der Waals surface area contributed by atoms with E-state index in [0.717, 1.165) is 44.5 Å². The summed E-state index contributed by atoms with van der Waals surface area (Å²) in [5.74, 6) is 1.53. The molecule has 7 aromatic carbocycles. The minimum atomic E-state index is -0.529.